The number of benzene rings is 2. The molecule has 0 saturated carbocycles. The number of rotatable bonds is 28. The van der Waals surface area contributed by atoms with E-state index in [1.807, 2.05) is 50.2 Å². The Morgan fingerprint density at radius 3 is 1.23 bits per heavy atom. The topological polar surface area (TPSA) is 52.6 Å². The molecule has 3 fully saturated rings. The molecule has 8 unspecified atom stereocenters. The van der Waals surface area contributed by atoms with Gasteiger partial charge in [-0.2, -0.15) is 47.0 Å². The van der Waals surface area contributed by atoms with Crippen molar-refractivity contribution in [3.05, 3.63) is 59.7 Å². The molecule has 8 heteroatoms. The van der Waals surface area contributed by atoms with Gasteiger partial charge in [0, 0.05) is 54.8 Å². The Labute approximate surface area is 358 Å². The smallest absolute Gasteiger partial charge is 0.310 e. The van der Waals surface area contributed by atoms with Crippen LogP contribution in [0.25, 0.3) is 0 Å². The molecule has 0 amide bonds. The fourth-order valence-electron chi connectivity index (χ4n) is 8.38. The largest absolute Gasteiger partial charge is 0.427 e. The average molecular weight is 841 g/mol. The van der Waals surface area contributed by atoms with E-state index in [-0.39, 0.29) is 11.9 Å². The maximum absolute atomic E-state index is 11.7. The van der Waals surface area contributed by atoms with E-state index in [0.717, 1.165) is 54.8 Å². The highest BCUT2D eigenvalue weighted by Gasteiger charge is 2.47. The van der Waals surface area contributed by atoms with Gasteiger partial charge in [-0.1, -0.05) is 116 Å². The summed E-state index contributed by atoms with van der Waals surface area (Å²) in [6, 6.07) is 16.2. The third-order valence-corrected chi connectivity index (χ3v) is 18.6. The molecular formula is C48H72O4S4. The first-order chi connectivity index (χ1) is 27.4. The van der Waals surface area contributed by atoms with Gasteiger partial charge in [0.25, 0.3) is 0 Å². The van der Waals surface area contributed by atoms with Crippen LogP contribution in [0.3, 0.4) is 0 Å². The van der Waals surface area contributed by atoms with Crippen molar-refractivity contribution in [3.8, 4) is 11.5 Å². The molecule has 4 nitrogen and oxygen atoms in total. The molecule has 0 aliphatic carbocycles. The lowest BCUT2D eigenvalue weighted by Crippen LogP contribution is -2.38. The number of ether oxygens (including phenoxy) is 2. The summed E-state index contributed by atoms with van der Waals surface area (Å²) >= 11 is 9.49. The standard InChI is InChI=1S/C48H72O4S4/c1-5-21-39-43(54-39)33-45-41(29-17-13-9-11-15-23-35-25-19-27-37(31-35)51-47(49)7-3)53-42(46(56-45)34-44-40(55-44)22-6-2)30-18-14-10-12-16-24-36-26-20-28-38(32-36)52-48(50)8-4/h19-20,25-28,31-32,39-46H,5-18,21-24,29-30,33-34H2,1-4H3. The Balaban J connectivity index is 1.07. The predicted octanol–water partition coefficient (Wildman–Crippen LogP) is 14.1. The van der Waals surface area contributed by atoms with Gasteiger partial charge in [0.05, 0.1) is 0 Å². The van der Waals surface area contributed by atoms with E-state index < -0.39 is 0 Å². The molecular weight excluding hydrogens is 769 g/mol. The fraction of sp³-hybridized carbons (Fsp3) is 0.708. The highest BCUT2D eigenvalue weighted by atomic mass is 32.2. The lowest BCUT2D eigenvalue weighted by atomic mass is 10.0. The van der Waals surface area contributed by atoms with E-state index in [4.69, 9.17) is 9.47 Å². The van der Waals surface area contributed by atoms with Gasteiger partial charge in [-0.05, 0) is 99.6 Å². The van der Waals surface area contributed by atoms with Crippen molar-refractivity contribution in [1.82, 2.24) is 0 Å². The van der Waals surface area contributed by atoms with Crippen LogP contribution in [-0.4, -0.2) is 53.9 Å². The molecule has 312 valence electrons. The van der Waals surface area contributed by atoms with Crippen molar-refractivity contribution in [1.29, 1.82) is 0 Å². The summed E-state index contributed by atoms with van der Waals surface area (Å²) in [5, 5.41) is 6.95. The Hall–Kier alpha value is -1.22. The monoisotopic (exact) mass is 840 g/mol. The SMILES string of the molecule is CCCC1SC1CC1SC(CC2SC2CCC)C(CCCCCCCc2cccc(OC(=O)CC)c2)SC1CCCCCCCc1cccc(OC(=O)CC)c1. The Kier molecular flexibility index (Phi) is 20.8. The summed E-state index contributed by atoms with van der Waals surface area (Å²) in [6.45, 7) is 8.39. The maximum atomic E-state index is 11.7. The highest BCUT2D eigenvalue weighted by Crippen LogP contribution is 2.56. The molecule has 3 aliphatic rings. The number of carbonyl (C=O) groups is 2. The summed E-state index contributed by atoms with van der Waals surface area (Å²) in [4.78, 5) is 23.4. The third kappa shape index (κ3) is 16.4. The van der Waals surface area contributed by atoms with Crippen LogP contribution in [0.4, 0.5) is 0 Å². The van der Waals surface area contributed by atoms with Gasteiger partial charge in [0.15, 0.2) is 0 Å². The number of carbonyl (C=O) groups excluding carboxylic acids is 2. The molecule has 56 heavy (non-hydrogen) atoms. The van der Waals surface area contributed by atoms with Gasteiger partial charge in [0.1, 0.15) is 11.5 Å². The molecule has 3 saturated heterocycles. The molecule has 8 atom stereocenters. The minimum Gasteiger partial charge on any atom is -0.427 e. The molecule has 5 rings (SSSR count). The molecule has 2 aromatic rings. The van der Waals surface area contributed by atoms with Gasteiger partial charge in [-0.15, -0.1) is 0 Å². The molecule has 0 radical (unpaired) electrons. The average Bonchev–Trinajstić information content (AvgIpc) is 4.13. The molecule has 2 aromatic carbocycles. The second-order valence-corrected chi connectivity index (χ2v) is 22.4. The minimum atomic E-state index is -0.166. The second kappa shape index (κ2) is 25.4. The summed E-state index contributed by atoms with van der Waals surface area (Å²) in [6.07, 6.45) is 27.1. The van der Waals surface area contributed by atoms with Crippen LogP contribution < -0.4 is 9.47 Å². The van der Waals surface area contributed by atoms with Gasteiger partial charge in [0.2, 0.25) is 0 Å². The number of esters is 2. The van der Waals surface area contributed by atoms with Crippen molar-refractivity contribution in [2.24, 2.45) is 0 Å². The summed E-state index contributed by atoms with van der Waals surface area (Å²) in [5.74, 6) is 1.03. The van der Waals surface area contributed by atoms with Gasteiger partial charge >= 0.3 is 11.9 Å². The van der Waals surface area contributed by atoms with Gasteiger partial charge in [-0.25, -0.2) is 0 Å². The van der Waals surface area contributed by atoms with E-state index in [1.165, 1.54) is 127 Å². The zero-order valence-corrected chi connectivity index (χ0v) is 38.3. The molecule has 0 N–H and O–H groups in total. The molecule has 3 aliphatic heterocycles. The molecule has 0 spiro atoms. The fourth-order valence-corrected chi connectivity index (χ4v) is 15.3. The van der Waals surface area contributed by atoms with Crippen molar-refractivity contribution in [2.45, 2.75) is 211 Å². The number of thioether (sulfide) groups is 4. The van der Waals surface area contributed by atoms with E-state index in [9.17, 15) is 9.59 Å². The Morgan fingerprint density at radius 1 is 0.464 bits per heavy atom. The lowest BCUT2D eigenvalue weighted by molar-refractivity contribution is -0.134. The van der Waals surface area contributed by atoms with Crippen LogP contribution in [0.1, 0.15) is 167 Å². The lowest BCUT2D eigenvalue weighted by Gasteiger charge is -2.41. The molecule has 3 heterocycles. The van der Waals surface area contributed by atoms with Crippen LogP contribution in [0.15, 0.2) is 48.5 Å². The van der Waals surface area contributed by atoms with E-state index in [0.29, 0.717) is 24.3 Å². The third-order valence-electron chi connectivity index (χ3n) is 11.7. The number of unbranched alkanes of at least 4 members (excludes halogenated alkanes) is 8. The van der Waals surface area contributed by atoms with Crippen molar-refractivity contribution in [3.63, 3.8) is 0 Å². The van der Waals surface area contributed by atoms with Crippen LogP contribution in [-0.2, 0) is 22.4 Å². The van der Waals surface area contributed by atoms with Crippen LogP contribution in [0, 0.1) is 0 Å². The zero-order chi connectivity index (χ0) is 39.5. The van der Waals surface area contributed by atoms with Gasteiger partial charge < -0.3 is 9.47 Å². The van der Waals surface area contributed by atoms with Gasteiger partial charge in [-0.3, -0.25) is 9.59 Å². The molecule has 0 aromatic heterocycles. The first-order valence-corrected chi connectivity index (χ1v) is 26.4. The van der Waals surface area contributed by atoms with E-state index >= 15 is 0 Å². The van der Waals surface area contributed by atoms with Crippen LogP contribution in [0.2, 0.25) is 0 Å². The number of aryl methyl sites for hydroxylation is 2. The van der Waals surface area contributed by atoms with E-state index in [1.54, 1.807) is 0 Å². The van der Waals surface area contributed by atoms with Crippen molar-refractivity contribution < 1.29 is 19.1 Å². The second-order valence-electron chi connectivity index (χ2n) is 16.5. The first kappa shape index (κ1) is 45.9. The molecule has 0 bridgehead atoms. The Bertz CT molecular complexity index is 1350. The summed E-state index contributed by atoms with van der Waals surface area (Å²) < 4.78 is 10.9. The zero-order valence-electron chi connectivity index (χ0n) is 35.1. The first-order valence-electron chi connectivity index (χ1n) is 22.6. The van der Waals surface area contributed by atoms with Crippen molar-refractivity contribution >= 4 is 59.0 Å². The van der Waals surface area contributed by atoms with Crippen LogP contribution in [0.5, 0.6) is 11.5 Å². The number of hydrogen-bond donors (Lipinski definition) is 0. The summed E-state index contributed by atoms with van der Waals surface area (Å²) in [5.41, 5.74) is 2.54. The minimum absolute atomic E-state index is 0.166. The Morgan fingerprint density at radius 2 is 0.821 bits per heavy atom. The predicted molar refractivity (Wildman–Crippen MR) is 247 cm³/mol. The summed E-state index contributed by atoms with van der Waals surface area (Å²) in [7, 11) is 0. The highest BCUT2D eigenvalue weighted by molar-refractivity contribution is 8.09. The maximum Gasteiger partial charge on any atom is 0.310 e. The van der Waals surface area contributed by atoms with E-state index in [2.05, 4.69) is 73.0 Å². The number of hydrogen-bond acceptors (Lipinski definition) is 8. The normalized spacial score (nSPS) is 25.5. The van der Waals surface area contributed by atoms with Crippen molar-refractivity contribution in [2.75, 3.05) is 0 Å². The van der Waals surface area contributed by atoms with Crippen LogP contribution >= 0.6 is 47.0 Å². The quantitative estimate of drug-likeness (QED) is 0.0363.